The molecule has 0 atom stereocenters. The van der Waals surface area contributed by atoms with E-state index in [2.05, 4.69) is 20.3 Å². The summed E-state index contributed by atoms with van der Waals surface area (Å²) in [6.45, 7) is 0. The lowest BCUT2D eigenvalue weighted by Gasteiger charge is -2.06. The van der Waals surface area contributed by atoms with Crippen LogP contribution in [0.15, 0.2) is 35.7 Å². The van der Waals surface area contributed by atoms with Crippen LogP contribution in [0.5, 0.6) is 0 Å². The Bertz CT molecular complexity index is 595. The Morgan fingerprint density at radius 3 is 2.89 bits per heavy atom. The quantitative estimate of drug-likeness (QED) is 0.836. The first-order valence-corrected chi connectivity index (χ1v) is 6.63. The maximum absolute atomic E-state index is 11.7. The van der Waals surface area contributed by atoms with E-state index in [1.54, 1.807) is 24.3 Å². The van der Waals surface area contributed by atoms with E-state index in [1.165, 1.54) is 18.1 Å². The summed E-state index contributed by atoms with van der Waals surface area (Å²) >= 11 is 7.11. The van der Waals surface area contributed by atoms with Gasteiger partial charge in [0.1, 0.15) is 6.33 Å². The van der Waals surface area contributed by atoms with E-state index in [9.17, 15) is 4.79 Å². The highest BCUT2D eigenvalue weighted by Crippen LogP contribution is 2.21. The molecule has 98 valence electrons. The molecule has 2 rings (SSSR count). The smallest absolute Gasteiger partial charge is 0.234 e. The number of nitrogens with zero attached hydrogens (tertiary/aromatic N) is 3. The van der Waals surface area contributed by atoms with E-state index in [0.29, 0.717) is 15.9 Å². The third kappa shape index (κ3) is 4.08. The fraction of sp³-hybridized carbons (Fsp3) is 0.0909. The minimum absolute atomic E-state index is 0.129. The van der Waals surface area contributed by atoms with Gasteiger partial charge in [0.25, 0.3) is 0 Å². The van der Waals surface area contributed by atoms with Crippen LogP contribution in [0.25, 0.3) is 0 Å². The highest BCUT2D eigenvalue weighted by Gasteiger charge is 2.07. The van der Waals surface area contributed by atoms with Gasteiger partial charge in [0, 0.05) is 0 Å². The molecule has 0 aliphatic heterocycles. The number of nitrogens with two attached hydrogens (primary N) is 1. The minimum atomic E-state index is -0.197. The monoisotopic (exact) mass is 295 g/mol. The van der Waals surface area contributed by atoms with Crippen LogP contribution < -0.4 is 11.1 Å². The van der Waals surface area contributed by atoms with Crippen LogP contribution in [-0.4, -0.2) is 26.6 Å². The first kappa shape index (κ1) is 13.6. The Kier molecular flexibility index (Phi) is 4.53. The average Bonchev–Trinajstić information content (AvgIpc) is 2.39. The molecular weight excluding hydrogens is 286 g/mol. The van der Waals surface area contributed by atoms with Gasteiger partial charge in [-0.3, -0.25) is 4.79 Å². The van der Waals surface area contributed by atoms with E-state index in [0.717, 1.165) is 0 Å². The lowest BCUT2D eigenvalue weighted by molar-refractivity contribution is -0.113. The third-order valence-corrected chi connectivity index (χ3v) is 3.24. The molecule has 19 heavy (non-hydrogen) atoms. The van der Waals surface area contributed by atoms with Crippen LogP contribution in [0.1, 0.15) is 0 Å². The number of carbonyl (C=O) groups is 1. The fourth-order valence-corrected chi connectivity index (χ4v) is 2.04. The zero-order chi connectivity index (χ0) is 13.7. The van der Waals surface area contributed by atoms with Gasteiger partial charge in [0.15, 0.2) is 5.16 Å². The van der Waals surface area contributed by atoms with Crippen molar-refractivity contribution in [2.45, 2.75) is 5.16 Å². The molecule has 0 bridgehead atoms. The number of amides is 1. The van der Waals surface area contributed by atoms with Gasteiger partial charge in [0.05, 0.1) is 16.5 Å². The summed E-state index contributed by atoms with van der Waals surface area (Å²) in [7, 11) is 0. The zero-order valence-electron chi connectivity index (χ0n) is 9.71. The Morgan fingerprint density at radius 2 is 2.16 bits per heavy atom. The Labute approximate surface area is 118 Å². The van der Waals surface area contributed by atoms with Crippen LogP contribution in [0.3, 0.4) is 0 Å². The molecule has 0 unspecified atom stereocenters. The predicted molar refractivity (Wildman–Crippen MR) is 75.0 cm³/mol. The molecular formula is C11H10ClN5OS. The van der Waals surface area contributed by atoms with Gasteiger partial charge in [-0.25, -0.2) is 9.97 Å². The van der Waals surface area contributed by atoms with Gasteiger partial charge >= 0.3 is 0 Å². The maximum Gasteiger partial charge on any atom is 0.234 e. The second-order valence-electron chi connectivity index (χ2n) is 3.44. The molecule has 0 fully saturated rings. The number of rotatable bonds is 4. The van der Waals surface area contributed by atoms with Crippen molar-refractivity contribution in [2.75, 3.05) is 16.8 Å². The molecule has 2 aromatic rings. The number of thioether (sulfide) groups is 1. The number of hydrogen-bond acceptors (Lipinski definition) is 6. The van der Waals surface area contributed by atoms with Crippen LogP contribution in [0.2, 0.25) is 5.02 Å². The van der Waals surface area contributed by atoms with Crippen LogP contribution in [-0.2, 0) is 4.79 Å². The number of halogens is 1. The number of benzene rings is 1. The first-order valence-electron chi connectivity index (χ1n) is 5.27. The second kappa shape index (κ2) is 6.35. The number of aromatic nitrogens is 3. The van der Waals surface area contributed by atoms with Gasteiger partial charge < -0.3 is 11.1 Å². The summed E-state index contributed by atoms with van der Waals surface area (Å²) < 4.78 is 0. The van der Waals surface area contributed by atoms with Gasteiger partial charge in [-0.2, -0.15) is 4.98 Å². The number of para-hydroxylation sites is 1. The lowest BCUT2D eigenvalue weighted by Crippen LogP contribution is -2.14. The van der Waals surface area contributed by atoms with Gasteiger partial charge in [-0.1, -0.05) is 35.5 Å². The zero-order valence-corrected chi connectivity index (χ0v) is 11.3. The van der Waals surface area contributed by atoms with E-state index in [1.807, 2.05) is 0 Å². The summed E-state index contributed by atoms with van der Waals surface area (Å²) in [5, 5.41) is 3.60. The summed E-state index contributed by atoms with van der Waals surface area (Å²) in [6.07, 6.45) is 1.30. The van der Waals surface area contributed by atoms with E-state index in [-0.39, 0.29) is 17.6 Å². The van der Waals surface area contributed by atoms with Gasteiger partial charge in [-0.05, 0) is 12.1 Å². The SMILES string of the molecule is Nc1ncnc(SCC(=O)Nc2ccccc2Cl)n1. The largest absolute Gasteiger partial charge is 0.368 e. The van der Waals surface area contributed by atoms with Crippen molar-refractivity contribution in [3.8, 4) is 0 Å². The van der Waals surface area contributed by atoms with E-state index < -0.39 is 0 Å². The maximum atomic E-state index is 11.7. The fourth-order valence-electron chi connectivity index (χ4n) is 1.24. The van der Waals surface area contributed by atoms with Crippen molar-refractivity contribution >= 4 is 40.9 Å². The molecule has 3 N–H and O–H groups in total. The average molecular weight is 296 g/mol. The molecule has 1 heterocycles. The molecule has 1 aromatic heterocycles. The van der Waals surface area contributed by atoms with Crippen molar-refractivity contribution < 1.29 is 4.79 Å². The van der Waals surface area contributed by atoms with Crippen molar-refractivity contribution in [1.29, 1.82) is 0 Å². The molecule has 1 aromatic carbocycles. The molecule has 0 saturated heterocycles. The standard InChI is InChI=1S/C11H10ClN5OS/c12-7-3-1-2-4-8(7)16-9(18)5-19-11-15-6-14-10(13)17-11/h1-4,6H,5H2,(H,16,18)(H2,13,14,15,17). The normalized spacial score (nSPS) is 10.2. The van der Waals surface area contributed by atoms with Crippen LogP contribution in [0, 0.1) is 0 Å². The van der Waals surface area contributed by atoms with Crippen molar-refractivity contribution in [2.24, 2.45) is 0 Å². The van der Waals surface area contributed by atoms with E-state index in [4.69, 9.17) is 17.3 Å². The minimum Gasteiger partial charge on any atom is -0.368 e. The summed E-state index contributed by atoms with van der Waals surface area (Å²) in [4.78, 5) is 23.2. The summed E-state index contributed by atoms with van der Waals surface area (Å²) in [5.41, 5.74) is 5.99. The number of anilines is 2. The molecule has 1 amide bonds. The van der Waals surface area contributed by atoms with Crippen molar-refractivity contribution in [3.63, 3.8) is 0 Å². The molecule has 0 spiro atoms. The number of carbonyl (C=O) groups excluding carboxylic acids is 1. The summed E-state index contributed by atoms with van der Waals surface area (Å²) in [6, 6.07) is 7.02. The van der Waals surface area contributed by atoms with Crippen molar-refractivity contribution in [1.82, 2.24) is 15.0 Å². The number of hydrogen-bond donors (Lipinski definition) is 2. The van der Waals surface area contributed by atoms with Crippen LogP contribution in [0.4, 0.5) is 11.6 Å². The predicted octanol–water partition coefficient (Wildman–Crippen LogP) is 1.84. The second-order valence-corrected chi connectivity index (χ2v) is 4.79. The Hall–Kier alpha value is -1.86. The molecule has 8 heteroatoms. The molecule has 0 aliphatic rings. The number of nitrogen functional groups attached to an aromatic ring is 1. The molecule has 0 saturated carbocycles. The van der Waals surface area contributed by atoms with E-state index >= 15 is 0 Å². The highest BCUT2D eigenvalue weighted by atomic mass is 35.5. The summed E-state index contributed by atoms with van der Waals surface area (Å²) in [5.74, 6) is 0.0930. The number of nitrogens with one attached hydrogen (secondary N) is 1. The Morgan fingerprint density at radius 1 is 1.37 bits per heavy atom. The third-order valence-electron chi connectivity index (χ3n) is 2.05. The first-order chi connectivity index (χ1) is 9.15. The topological polar surface area (TPSA) is 93.8 Å². The highest BCUT2D eigenvalue weighted by molar-refractivity contribution is 7.99. The molecule has 0 radical (unpaired) electrons. The molecule has 6 nitrogen and oxygen atoms in total. The molecule has 0 aliphatic carbocycles. The van der Waals surface area contributed by atoms with Gasteiger partial charge in [0.2, 0.25) is 11.9 Å². The lowest BCUT2D eigenvalue weighted by atomic mass is 10.3. The van der Waals surface area contributed by atoms with Crippen LogP contribution >= 0.6 is 23.4 Å². The van der Waals surface area contributed by atoms with Gasteiger partial charge in [-0.15, -0.1) is 0 Å². The van der Waals surface area contributed by atoms with Crippen molar-refractivity contribution in [3.05, 3.63) is 35.6 Å². The Balaban J connectivity index is 1.90.